The van der Waals surface area contributed by atoms with Crippen molar-refractivity contribution in [1.29, 1.82) is 0 Å². The molecule has 0 amide bonds. The predicted molar refractivity (Wildman–Crippen MR) is 126 cm³/mol. The third kappa shape index (κ3) is 4.94. The Bertz CT molecular complexity index is 882. The van der Waals surface area contributed by atoms with Gasteiger partial charge in [0.2, 0.25) is 0 Å². The number of carbonyl (C=O) groups excluding carboxylic acids is 1. The molecule has 3 rings (SSSR count). The molecule has 0 atom stereocenters. The number of unbranched alkanes of at least 4 members (excludes halogenated alkanes) is 1. The van der Waals surface area contributed by atoms with E-state index in [1.54, 1.807) is 18.5 Å². The first-order valence-corrected chi connectivity index (χ1v) is 12.5. The topological polar surface area (TPSA) is 39.2 Å². The van der Waals surface area contributed by atoms with Crippen molar-refractivity contribution in [3.8, 4) is 0 Å². The summed E-state index contributed by atoms with van der Waals surface area (Å²) >= 11 is 0. The average Bonchev–Trinajstić information content (AvgIpc) is 2.77. The van der Waals surface area contributed by atoms with Crippen molar-refractivity contribution >= 4 is 24.5 Å². The Labute approximate surface area is 181 Å². The van der Waals surface area contributed by atoms with Crippen LogP contribution in [0.4, 0.5) is 0 Å². The van der Waals surface area contributed by atoms with Crippen molar-refractivity contribution < 1.29 is 9.22 Å². The Morgan fingerprint density at radius 1 is 0.867 bits per heavy atom. The van der Waals surface area contributed by atoms with Crippen LogP contribution in [0.2, 0.25) is 5.04 Å². The third-order valence-corrected chi connectivity index (χ3v) is 10.6. The standard InChI is InChI=1S/C26H31NO2Si/c1-26(2,3)30(23-14-6-4-7-15-23,24-16-8-5-9-17-24)29-20-11-10-18-25(28)22-13-12-19-27-21-22/h4-9,12-17,19,21H,10-11,18,20H2,1-3H3. The second-order valence-electron chi connectivity index (χ2n) is 8.63. The molecule has 1 heterocycles. The van der Waals surface area contributed by atoms with Gasteiger partial charge in [-0.1, -0.05) is 81.4 Å². The highest BCUT2D eigenvalue weighted by Crippen LogP contribution is 2.36. The van der Waals surface area contributed by atoms with Crippen LogP contribution in [0.1, 0.15) is 50.4 Å². The summed E-state index contributed by atoms with van der Waals surface area (Å²) in [5, 5.41) is 2.55. The van der Waals surface area contributed by atoms with Crippen LogP contribution in [-0.4, -0.2) is 25.7 Å². The molecular weight excluding hydrogens is 386 g/mol. The van der Waals surface area contributed by atoms with Gasteiger partial charge >= 0.3 is 0 Å². The van der Waals surface area contributed by atoms with Crippen molar-refractivity contribution in [1.82, 2.24) is 4.98 Å². The van der Waals surface area contributed by atoms with Gasteiger partial charge in [0.15, 0.2) is 5.78 Å². The normalized spacial score (nSPS) is 12.0. The summed E-state index contributed by atoms with van der Waals surface area (Å²) in [5.41, 5.74) is 0.686. The van der Waals surface area contributed by atoms with E-state index in [1.165, 1.54) is 10.4 Å². The molecule has 0 unspecified atom stereocenters. The molecule has 0 saturated heterocycles. The summed E-state index contributed by atoms with van der Waals surface area (Å²) < 4.78 is 6.87. The molecule has 0 spiro atoms. The molecule has 3 aromatic rings. The number of hydrogen-bond donors (Lipinski definition) is 0. The van der Waals surface area contributed by atoms with Gasteiger partial charge in [-0.05, 0) is 40.4 Å². The van der Waals surface area contributed by atoms with Crippen LogP contribution >= 0.6 is 0 Å². The summed E-state index contributed by atoms with van der Waals surface area (Å²) in [4.78, 5) is 16.4. The number of carbonyl (C=O) groups is 1. The molecule has 0 aliphatic rings. The largest absolute Gasteiger partial charge is 0.407 e. The fourth-order valence-corrected chi connectivity index (χ4v) is 8.65. The van der Waals surface area contributed by atoms with Crippen LogP contribution in [-0.2, 0) is 4.43 Å². The summed E-state index contributed by atoms with van der Waals surface area (Å²) in [7, 11) is -2.49. The minimum Gasteiger partial charge on any atom is -0.407 e. The first-order chi connectivity index (χ1) is 14.4. The highest BCUT2D eigenvalue weighted by molar-refractivity contribution is 6.99. The maximum Gasteiger partial charge on any atom is 0.261 e. The van der Waals surface area contributed by atoms with Gasteiger partial charge in [-0.2, -0.15) is 0 Å². The van der Waals surface area contributed by atoms with E-state index in [4.69, 9.17) is 4.43 Å². The van der Waals surface area contributed by atoms with Crippen LogP contribution in [0.5, 0.6) is 0 Å². The zero-order valence-corrected chi connectivity index (χ0v) is 19.2. The lowest BCUT2D eigenvalue weighted by atomic mass is 10.1. The lowest BCUT2D eigenvalue weighted by Crippen LogP contribution is -2.66. The van der Waals surface area contributed by atoms with Crippen LogP contribution in [0, 0.1) is 0 Å². The number of benzene rings is 2. The van der Waals surface area contributed by atoms with Gasteiger partial charge in [0, 0.05) is 31.0 Å². The minimum atomic E-state index is -2.49. The van der Waals surface area contributed by atoms with Gasteiger partial charge in [0.1, 0.15) is 0 Å². The van der Waals surface area contributed by atoms with Gasteiger partial charge in [0.25, 0.3) is 8.32 Å². The Morgan fingerprint density at radius 3 is 1.97 bits per heavy atom. The minimum absolute atomic E-state index is 0.0266. The zero-order valence-electron chi connectivity index (χ0n) is 18.2. The molecule has 0 aliphatic heterocycles. The maximum atomic E-state index is 12.3. The molecule has 4 heteroatoms. The smallest absolute Gasteiger partial charge is 0.261 e. The van der Waals surface area contributed by atoms with Gasteiger partial charge in [-0.15, -0.1) is 0 Å². The third-order valence-electron chi connectivity index (χ3n) is 5.52. The lowest BCUT2D eigenvalue weighted by Gasteiger charge is -2.43. The molecule has 2 aromatic carbocycles. The average molecular weight is 418 g/mol. The van der Waals surface area contributed by atoms with Crippen molar-refractivity contribution in [2.45, 2.75) is 45.1 Å². The van der Waals surface area contributed by atoms with Crippen LogP contribution in [0.25, 0.3) is 0 Å². The summed E-state index contributed by atoms with van der Waals surface area (Å²) in [6, 6.07) is 25.0. The highest BCUT2D eigenvalue weighted by Gasteiger charge is 2.49. The fraction of sp³-hybridized carbons (Fsp3) is 0.308. The van der Waals surface area contributed by atoms with Gasteiger partial charge in [0.05, 0.1) is 0 Å². The summed E-state index contributed by atoms with van der Waals surface area (Å²) in [5.74, 6) is 0.147. The number of rotatable bonds is 9. The zero-order chi connectivity index (χ0) is 21.5. The van der Waals surface area contributed by atoms with Crippen molar-refractivity contribution in [3.63, 3.8) is 0 Å². The monoisotopic (exact) mass is 417 g/mol. The quantitative estimate of drug-likeness (QED) is 0.279. The molecule has 1 aromatic heterocycles. The molecule has 3 nitrogen and oxygen atoms in total. The predicted octanol–water partition coefficient (Wildman–Crippen LogP) is 5.01. The van der Waals surface area contributed by atoms with E-state index in [0.29, 0.717) is 18.6 Å². The number of aromatic nitrogens is 1. The van der Waals surface area contributed by atoms with E-state index in [9.17, 15) is 4.79 Å². The number of pyridine rings is 1. The Morgan fingerprint density at radius 2 is 1.47 bits per heavy atom. The molecule has 30 heavy (non-hydrogen) atoms. The van der Waals surface area contributed by atoms with E-state index in [-0.39, 0.29) is 10.8 Å². The Hall–Kier alpha value is -2.56. The molecular formula is C26H31NO2Si. The first kappa shape index (κ1) is 22.1. The molecule has 0 fully saturated rings. The molecule has 0 aliphatic carbocycles. The van der Waals surface area contributed by atoms with Crippen molar-refractivity contribution in [2.75, 3.05) is 6.61 Å². The van der Waals surface area contributed by atoms with Crippen LogP contribution in [0.3, 0.4) is 0 Å². The Kier molecular flexibility index (Phi) is 7.35. The number of Topliss-reactive ketones (excluding diaryl/α,β-unsaturated/α-hetero) is 1. The van der Waals surface area contributed by atoms with E-state index < -0.39 is 8.32 Å². The van der Waals surface area contributed by atoms with Gasteiger partial charge in [-0.25, -0.2) is 0 Å². The number of ketones is 1. The Balaban J connectivity index is 1.74. The molecule has 0 N–H and O–H groups in total. The van der Waals surface area contributed by atoms with Crippen LogP contribution in [0.15, 0.2) is 85.2 Å². The highest BCUT2D eigenvalue weighted by atomic mass is 28.4. The second-order valence-corrected chi connectivity index (χ2v) is 12.9. The van der Waals surface area contributed by atoms with Crippen molar-refractivity contribution in [2.24, 2.45) is 0 Å². The molecule has 156 valence electrons. The van der Waals surface area contributed by atoms with E-state index in [2.05, 4.69) is 86.4 Å². The molecule has 0 saturated carbocycles. The van der Waals surface area contributed by atoms with Gasteiger partial charge in [-0.3, -0.25) is 9.78 Å². The van der Waals surface area contributed by atoms with E-state index in [0.717, 1.165) is 12.8 Å². The fourth-order valence-electron chi connectivity index (χ4n) is 4.05. The molecule has 0 radical (unpaired) electrons. The van der Waals surface area contributed by atoms with E-state index in [1.807, 2.05) is 6.07 Å². The summed E-state index contributed by atoms with van der Waals surface area (Å²) in [6.07, 6.45) is 5.52. The maximum absolute atomic E-state index is 12.3. The van der Waals surface area contributed by atoms with Gasteiger partial charge < -0.3 is 4.43 Å². The summed E-state index contributed by atoms with van der Waals surface area (Å²) in [6.45, 7) is 7.50. The van der Waals surface area contributed by atoms with Crippen LogP contribution < -0.4 is 10.4 Å². The number of nitrogens with zero attached hydrogens (tertiary/aromatic N) is 1. The van der Waals surface area contributed by atoms with Crippen molar-refractivity contribution in [3.05, 3.63) is 90.8 Å². The first-order valence-electron chi connectivity index (χ1n) is 10.6. The lowest BCUT2D eigenvalue weighted by molar-refractivity contribution is 0.0977. The molecule has 0 bridgehead atoms. The number of hydrogen-bond acceptors (Lipinski definition) is 3. The van der Waals surface area contributed by atoms with E-state index >= 15 is 0 Å². The SMILES string of the molecule is CC(C)(C)[Si](OCCCCC(=O)c1cccnc1)(c1ccccc1)c1ccccc1. The second kappa shape index (κ2) is 9.96.